The van der Waals surface area contributed by atoms with Gasteiger partial charge in [-0.25, -0.2) is 4.98 Å². The van der Waals surface area contributed by atoms with E-state index in [1.807, 2.05) is 60.0 Å². The quantitative estimate of drug-likeness (QED) is 0.479. The van der Waals surface area contributed by atoms with Crippen LogP contribution in [0.15, 0.2) is 64.8 Å². The van der Waals surface area contributed by atoms with Crippen LogP contribution in [0.2, 0.25) is 0 Å². The number of aromatic nitrogens is 2. The van der Waals surface area contributed by atoms with Crippen LogP contribution in [0, 0.1) is 12.3 Å². The minimum absolute atomic E-state index is 0.0911. The largest absolute Gasteiger partial charge is 0.497 e. The summed E-state index contributed by atoms with van der Waals surface area (Å²) < 4.78 is 6.81. The number of methoxy groups -OCH3 is 1. The van der Waals surface area contributed by atoms with Crippen molar-refractivity contribution in [2.24, 2.45) is 0 Å². The summed E-state index contributed by atoms with van der Waals surface area (Å²) in [6, 6.07) is 17.6. The fraction of sp³-hybridized carbons (Fsp3) is 0.130. The predicted octanol–water partition coefficient (Wildman–Crippen LogP) is 4.36. The molecule has 4 rings (SSSR count). The standard InChI is InChI=1S/C23H18N2O2S/c1-3-13-25-20(14-16-9-11-18(27-2)12-10-16)24-22-21(23(25)26)19(15-28-22)17-7-5-4-6-8-17/h1,4-12,15H,13-14H2,2H3. The topological polar surface area (TPSA) is 44.1 Å². The molecule has 0 aliphatic heterocycles. The van der Waals surface area contributed by atoms with E-state index in [0.29, 0.717) is 17.6 Å². The maximum atomic E-state index is 13.3. The van der Waals surface area contributed by atoms with Crippen molar-refractivity contribution in [1.29, 1.82) is 0 Å². The normalized spacial score (nSPS) is 10.7. The van der Waals surface area contributed by atoms with Crippen LogP contribution in [-0.2, 0) is 13.0 Å². The zero-order valence-corrected chi connectivity index (χ0v) is 16.2. The van der Waals surface area contributed by atoms with E-state index in [2.05, 4.69) is 5.92 Å². The molecule has 0 spiro atoms. The van der Waals surface area contributed by atoms with Crippen molar-refractivity contribution in [1.82, 2.24) is 9.55 Å². The van der Waals surface area contributed by atoms with Gasteiger partial charge in [-0.2, -0.15) is 0 Å². The Morgan fingerprint density at radius 1 is 1.14 bits per heavy atom. The Morgan fingerprint density at radius 3 is 2.57 bits per heavy atom. The maximum Gasteiger partial charge on any atom is 0.263 e. The third kappa shape index (κ3) is 3.30. The van der Waals surface area contributed by atoms with Crippen molar-refractivity contribution in [2.45, 2.75) is 13.0 Å². The lowest BCUT2D eigenvalue weighted by Crippen LogP contribution is -2.25. The van der Waals surface area contributed by atoms with E-state index < -0.39 is 0 Å². The number of benzene rings is 2. The van der Waals surface area contributed by atoms with E-state index in [1.54, 1.807) is 11.7 Å². The molecule has 5 heteroatoms. The van der Waals surface area contributed by atoms with Gasteiger partial charge >= 0.3 is 0 Å². The van der Waals surface area contributed by atoms with Crippen LogP contribution in [0.25, 0.3) is 21.3 Å². The SMILES string of the molecule is C#CCn1c(Cc2ccc(OC)cc2)nc2scc(-c3ccccc3)c2c1=O. The molecular formula is C23H18N2O2S. The molecule has 0 atom stereocenters. The van der Waals surface area contributed by atoms with E-state index in [1.165, 1.54) is 11.3 Å². The number of fused-ring (bicyclic) bond motifs is 1. The first kappa shape index (κ1) is 18.0. The van der Waals surface area contributed by atoms with Crippen LogP contribution in [0.3, 0.4) is 0 Å². The van der Waals surface area contributed by atoms with Gasteiger partial charge in [0.1, 0.15) is 16.4 Å². The Morgan fingerprint density at radius 2 is 1.89 bits per heavy atom. The highest BCUT2D eigenvalue weighted by molar-refractivity contribution is 7.17. The summed E-state index contributed by atoms with van der Waals surface area (Å²) in [5, 5.41) is 2.62. The molecule has 0 fully saturated rings. The van der Waals surface area contributed by atoms with Gasteiger partial charge in [-0.05, 0) is 23.3 Å². The minimum Gasteiger partial charge on any atom is -0.497 e. The Kier molecular flexibility index (Phi) is 4.96. The molecule has 0 aliphatic carbocycles. The van der Waals surface area contributed by atoms with Crippen molar-refractivity contribution in [3.8, 4) is 29.2 Å². The molecule has 2 aromatic carbocycles. The third-order valence-corrected chi connectivity index (χ3v) is 5.50. The highest BCUT2D eigenvalue weighted by Gasteiger charge is 2.17. The van der Waals surface area contributed by atoms with Crippen LogP contribution >= 0.6 is 11.3 Å². The number of hydrogen-bond donors (Lipinski definition) is 0. The molecular weight excluding hydrogens is 368 g/mol. The van der Waals surface area contributed by atoms with Gasteiger partial charge in [-0.1, -0.05) is 48.4 Å². The Labute approximate surface area is 167 Å². The molecule has 4 nitrogen and oxygen atoms in total. The van der Waals surface area contributed by atoms with Gasteiger partial charge in [0.2, 0.25) is 0 Å². The lowest BCUT2D eigenvalue weighted by atomic mass is 10.1. The van der Waals surface area contributed by atoms with Crippen molar-refractivity contribution >= 4 is 21.6 Å². The number of rotatable bonds is 5. The predicted molar refractivity (Wildman–Crippen MR) is 114 cm³/mol. The van der Waals surface area contributed by atoms with Crippen molar-refractivity contribution in [3.63, 3.8) is 0 Å². The van der Waals surface area contributed by atoms with Gasteiger partial charge in [0, 0.05) is 17.4 Å². The van der Waals surface area contributed by atoms with E-state index in [-0.39, 0.29) is 12.1 Å². The van der Waals surface area contributed by atoms with Crippen molar-refractivity contribution < 1.29 is 4.74 Å². The lowest BCUT2D eigenvalue weighted by molar-refractivity contribution is 0.414. The average Bonchev–Trinajstić information content (AvgIpc) is 3.16. The summed E-state index contributed by atoms with van der Waals surface area (Å²) in [5.74, 6) is 4.05. The van der Waals surface area contributed by atoms with E-state index in [0.717, 1.165) is 27.3 Å². The highest BCUT2D eigenvalue weighted by atomic mass is 32.1. The first-order chi connectivity index (χ1) is 13.7. The molecule has 0 aliphatic rings. The van der Waals surface area contributed by atoms with Gasteiger partial charge in [0.25, 0.3) is 5.56 Å². The lowest BCUT2D eigenvalue weighted by Gasteiger charge is -2.11. The molecule has 0 amide bonds. The number of hydrogen-bond acceptors (Lipinski definition) is 4. The molecule has 138 valence electrons. The minimum atomic E-state index is -0.0911. The van der Waals surface area contributed by atoms with E-state index in [4.69, 9.17) is 16.1 Å². The van der Waals surface area contributed by atoms with Gasteiger partial charge in [-0.15, -0.1) is 17.8 Å². The Hall–Kier alpha value is -3.36. The molecule has 0 bridgehead atoms. The van der Waals surface area contributed by atoms with Crippen molar-refractivity contribution in [3.05, 3.63) is 81.7 Å². The second-order valence-electron chi connectivity index (χ2n) is 6.34. The highest BCUT2D eigenvalue weighted by Crippen LogP contribution is 2.31. The van der Waals surface area contributed by atoms with Gasteiger partial charge < -0.3 is 4.74 Å². The fourth-order valence-corrected chi connectivity index (χ4v) is 4.17. The van der Waals surface area contributed by atoms with Crippen molar-refractivity contribution in [2.75, 3.05) is 7.11 Å². The van der Waals surface area contributed by atoms with Gasteiger partial charge in [-0.3, -0.25) is 9.36 Å². The molecule has 0 unspecified atom stereocenters. The molecule has 2 aromatic heterocycles. The summed E-state index contributed by atoms with van der Waals surface area (Å²) in [6.45, 7) is 0.192. The van der Waals surface area contributed by atoms with Gasteiger partial charge in [0.15, 0.2) is 0 Å². The Balaban J connectivity index is 1.84. The van der Waals surface area contributed by atoms with E-state index >= 15 is 0 Å². The Bertz CT molecular complexity index is 1220. The molecule has 0 saturated carbocycles. The zero-order valence-electron chi connectivity index (χ0n) is 15.4. The average molecular weight is 386 g/mol. The first-order valence-electron chi connectivity index (χ1n) is 8.84. The molecule has 0 N–H and O–H groups in total. The van der Waals surface area contributed by atoms with Gasteiger partial charge in [0.05, 0.1) is 19.0 Å². The zero-order chi connectivity index (χ0) is 19.5. The van der Waals surface area contributed by atoms with Crippen LogP contribution in [0.4, 0.5) is 0 Å². The summed E-state index contributed by atoms with van der Waals surface area (Å²) in [5.41, 5.74) is 2.85. The fourth-order valence-electron chi connectivity index (χ4n) is 3.21. The molecule has 0 radical (unpaired) electrons. The molecule has 0 saturated heterocycles. The maximum absolute atomic E-state index is 13.3. The van der Waals surface area contributed by atoms with Crippen LogP contribution in [0.5, 0.6) is 5.75 Å². The summed E-state index contributed by atoms with van der Waals surface area (Å²) in [6.07, 6.45) is 6.07. The second-order valence-corrected chi connectivity index (χ2v) is 7.20. The van der Waals surface area contributed by atoms with Crippen LogP contribution in [-0.4, -0.2) is 16.7 Å². The number of nitrogens with zero attached hydrogens (tertiary/aromatic N) is 2. The molecule has 2 heterocycles. The number of terminal acetylenes is 1. The monoisotopic (exact) mass is 386 g/mol. The number of ether oxygens (including phenoxy) is 1. The number of thiophene rings is 1. The smallest absolute Gasteiger partial charge is 0.263 e. The summed E-state index contributed by atoms with van der Waals surface area (Å²) >= 11 is 1.48. The summed E-state index contributed by atoms with van der Waals surface area (Å²) in [7, 11) is 1.64. The van der Waals surface area contributed by atoms with Crippen LogP contribution in [0.1, 0.15) is 11.4 Å². The van der Waals surface area contributed by atoms with E-state index in [9.17, 15) is 4.79 Å². The first-order valence-corrected chi connectivity index (χ1v) is 9.72. The summed E-state index contributed by atoms with van der Waals surface area (Å²) in [4.78, 5) is 18.8. The third-order valence-electron chi connectivity index (χ3n) is 4.63. The van der Waals surface area contributed by atoms with Crippen LogP contribution < -0.4 is 10.3 Å². The second kappa shape index (κ2) is 7.71. The molecule has 28 heavy (non-hydrogen) atoms. The molecule has 4 aromatic rings.